The first kappa shape index (κ1) is 16.8. The molecule has 0 spiro atoms. The molecule has 136 valence electrons. The summed E-state index contributed by atoms with van der Waals surface area (Å²) >= 11 is 1.37. The van der Waals surface area contributed by atoms with E-state index in [0.29, 0.717) is 10.1 Å². The molecule has 1 fully saturated rings. The van der Waals surface area contributed by atoms with E-state index in [4.69, 9.17) is 0 Å². The standard InChI is InChI=1S/C23H17N3OS/c1-26-14-17(19-8-4-5-9-20(19)26)13-21-22(27)25-23(28-21)24-18-11-10-15-6-2-3-7-16(15)12-18/h2-14H,1H3,(H,24,25,27)/b21-13-. The van der Waals surface area contributed by atoms with Gasteiger partial charge in [0.15, 0.2) is 5.17 Å². The Morgan fingerprint density at radius 1 is 1.00 bits per heavy atom. The van der Waals surface area contributed by atoms with Crippen LogP contribution in [0.25, 0.3) is 27.8 Å². The minimum absolute atomic E-state index is 0.113. The molecule has 2 heterocycles. The van der Waals surface area contributed by atoms with Crippen LogP contribution in [0.2, 0.25) is 0 Å². The molecule has 5 rings (SSSR count). The number of rotatable bonds is 2. The van der Waals surface area contributed by atoms with Crippen LogP contribution in [0.5, 0.6) is 0 Å². The van der Waals surface area contributed by atoms with Gasteiger partial charge < -0.3 is 9.88 Å². The maximum atomic E-state index is 12.4. The Morgan fingerprint density at radius 2 is 1.79 bits per heavy atom. The van der Waals surface area contributed by atoms with Crippen molar-refractivity contribution in [3.63, 3.8) is 0 Å². The van der Waals surface area contributed by atoms with Crippen LogP contribution >= 0.6 is 11.8 Å². The lowest BCUT2D eigenvalue weighted by atomic mass is 10.1. The van der Waals surface area contributed by atoms with E-state index in [-0.39, 0.29) is 5.91 Å². The van der Waals surface area contributed by atoms with Gasteiger partial charge in [-0.05, 0) is 46.8 Å². The predicted octanol–water partition coefficient (Wildman–Crippen LogP) is 5.22. The van der Waals surface area contributed by atoms with Gasteiger partial charge in [-0.3, -0.25) is 4.79 Å². The second kappa shape index (κ2) is 6.69. The van der Waals surface area contributed by atoms with Crippen LogP contribution in [0, 0.1) is 0 Å². The van der Waals surface area contributed by atoms with Crippen LogP contribution in [0.15, 0.2) is 82.8 Å². The number of carbonyl (C=O) groups is 1. The SMILES string of the molecule is Cn1cc(/C=C2\SC(=Nc3ccc4ccccc4c3)NC2=O)c2ccccc21. The molecule has 1 aliphatic heterocycles. The second-order valence-electron chi connectivity index (χ2n) is 6.73. The van der Waals surface area contributed by atoms with Crippen LogP contribution in [-0.4, -0.2) is 15.6 Å². The molecular formula is C23H17N3OS. The molecule has 0 saturated carbocycles. The van der Waals surface area contributed by atoms with Gasteiger partial charge in [0, 0.05) is 29.7 Å². The molecule has 0 aliphatic carbocycles. The molecule has 1 aromatic heterocycles. The first-order valence-electron chi connectivity index (χ1n) is 9.00. The summed E-state index contributed by atoms with van der Waals surface area (Å²) in [6.45, 7) is 0. The minimum atomic E-state index is -0.113. The van der Waals surface area contributed by atoms with Crippen LogP contribution in [0.3, 0.4) is 0 Å². The number of amidine groups is 1. The molecule has 1 aliphatic rings. The number of hydrogen-bond acceptors (Lipinski definition) is 3. The predicted molar refractivity (Wildman–Crippen MR) is 118 cm³/mol. The van der Waals surface area contributed by atoms with E-state index >= 15 is 0 Å². The van der Waals surface area contributed by atoms with Crippen molar-refractivity contribution in [1.29, 1.82) is 0 Å². The van der Waals surface area contributed by atoms with Gasteiger partial charge in [-0.15, -0.1) is 0 Å². The quantitative estimate of drug-likeness (QED) is 0.482. The van der Waals surface area contributed by atoms with Crippen molar-refractivity contribution in [1.82, 2.24) is 9.88 Å². The largest absolute Gasteiger partial charge is 0.350 e. The number of carbonyl (C=O) groups excluding carboxylic acids is 1. The van der Waals surface area contributed by atoms with Crippen LogP contribution in [0.4, 0.5) is 5.69 Å². The number of amides is 1. The first-order valence-corrected chi connectivity index (χ1v) is 9.81. The third kappa shape index (κ3) is 3.00. The summed E-state index contributed by atoms with van der Waals surface area (Å²) in [6, 6.07) is 22.4. The van der Waals surface area contributed by atoms with E-state index in [0.717, 1.165) is 27.5 Å². The van der Waals surface area contributed by atoms with Crippen molar-refractivity contribution < 1.29 is 4.79 Å². The summed E-state index contributed by atoms with van der Waals surface area (Å²) in [7, 11) is 2.01. The van der Waals surface area contributed by atoms with Gasteiger partial charge in [0.05, 0.1) is 10.6 Å². The molecule has 0 radical (unpaired) electrons. The molecule has 0 unspecified atom stereocenters. The summed E-state index contributed by atoms with van der Waals surface area (Å²) in [5, 5.41) is 6.91. The highest BCUT2D eigenvalue weighted by atomic mass is 32.2. The van der Waals surface area contributed by atoms with Crippen molar-refractivity contribution in [3.05, 3.63) is 83.4 Å². The number of para-hydroxylation sites is 1. The Hall–Kier alpha value is -3.31. The van der Waals surface area contributed by atoms with Crippen LogP contribution in [0.1, 0.15) is 5.56 Å². The number of thioether (sulfide) groups is 1. The van der Waals surface area contributed by atoms with E-state index in [1.54, 1.807) is 0 Å². The lowest BCUT2D eigenvalue weighted by Gasteiger charge is -2.00. The highest BCUT2D eigenvalue weighted by Crippen LogP contribution is 2.31. The Balaban J connectivity index is 1.47. The minimum Gasteiger partial charge on any atom is -0.350 e. The van der Waals surface area contributed by atoms with Gasteiger partial charge in [-0.25, -0.2) is 4.99 Å². The molecule has 3 aromatic carbocycles. The zero-order valence-corrected chi connectivity index (χ0v) is 16.0. The monoisotopic (exact) mass is 383 g/mol. The Labute approximate surface area is 166 Å². The Morgan fingerprint density at radius 3 is 2.68 bits per heavy atom. The summed E-state index contributed by atoms with van der Waals surface area (Å²) in [6.07, 6.45) is 3.98. The van der Waals surface area contributed by atoms with E-state index in [1.165, 1.54) is 17.1 Å². The summed E-state index contributed by atoms with van der Waals surface area (Å²) in [4.78, 5) is 17.7. The summed E-state index contributed by atoms with van der Waals surface area (Å²) < 4.78 is 2.07. The fraction of sp³-hybridized carbons (Fsp3) is 0.0435. The molecular weight excluding hydrogens is 366 g/mol. The highest BCUT2D eigenvalue weighted by molar-refractivity contribution is 8.18. The van der Waals surface area contributed by atoms with Gasteiger partial charge in [-0.2, -0.15) is 0 Å². The number of aryl methyl sites for hydroxylation is 1. The second-order valence-corrected chi connectivity index (χ2v) is 7.76. The number of fused-ring (bicyclic) bond motifs is 2. The van der Waals surface area contributed by atoms with Gasteiger partial charge in [0.1, 0.15) is 0 Å². The summed E-state index contributed by atoms with van der Waals surface area (Å²) in [5.74, 6) is -0.113. The fourth-order valence-electron chi connectivity index (χ4n) is 3.47. The zero-order valence-electron chi connectivity index (χ0n) is 15.2. The van der Waals surface area contributed by atoms with Crippen molar-refractivity contribution in [2.75, 3.05) is 0 Å². The molecule has 1 N–H and O–H groups in total. The number of benzene rings is 3. The number of nitrogens with zero attached hydrogens (tertiary/aromatic N) is 2. The van der Waals surface area contributed by atoms with E-state index in [1.807, 2.05) is 61.8 Å². The average molecular weight is 383 g/mol. The molecule has 0 atom stereocenters. The lowest BCUT2D eigenvalue weighted by molar-refractivity contribution is -0.115. The first-order chi connectivity index (χ1) is 13.7. The highest BCUT2D eigenvalue weighted by Gasteiger charge is 2.24. The number of nitrogens with one attached hydrogen (secondary N) is 1. The van der Waals surface area contributed by atoms with Gasteiger partial charge in [0.2, 0.25) is 0 Å². The van der Waals surface area contributed by atoms with Crippen LogP contribution < -0.4 is 5.32 Å². The summed E-state index contributed by atoms with van der Waals surface area (Å²) in [5.41, 5.74) is 3.00. The topological polar surface area (TPSA) is 46.4 Å². The maximum Gasteiger partial charge on any atom is 0.264 e. The average Bonchev–Trinajstić information content (AvgIpc) is 3.21. The molecule has 0 bridgehead atoms. The third-order valence-electron chi connectivity index (χ3n) is 4.83. The van der Waals surface area contributed by atoms with E-state index in [9.17, 15) is 4.79 Å². The van der Waals surface area contributed by atoms with Gasteiger partial charge in [-0.1, -0.05) is 48.5 Å². The van der Waals surface area contributed by atoms with Crippen molar-refractivity contribution in [2.24, 2.45) is 12.0 Å². The van der Waals surface area contributed by atoms with E-state index in [2.05, 4.69) is 39.1 Å². The lowest BCUT2D eigenvalue weighted by Crippen LogP contribution is -2.19. The third-order valence-corrected chi connectivity index (χ3v) is 5.74. The molecule has 1 saturated heterocycles. The van der Waals surface area contributed by atoms with Crippen molar-refractivity contribution in [2.45, 2.75) is 0 Å². The Kier molecular flexibility index (Phi) is 4.02. The number of aliphatic imine (C=N–C) groups is 1. The van der Waals surface area contributed by atoms with Crippen molar-refractivity contribution in [3.8, 4) is 0 Å². The molecule has 4 aromatic rings. The van der Waals surface area contributed by atoms with Crippen molar-refractivity contribution >= 4 is 56.3 Å². The zero-order chi connectivity index (χ0) is 19.1. The number of hydrogen-bond donors (Lipinski definition) is 1. The van der Waals surface area contributed by atoms with Crippen LogP contribution in [-0.2, 0) is 11.8 Å². The fourth-order valence-corrected chi connectivity index (χ4v) is 4.31. The molecule has 5 heteroatoms. The molecule has 28 heavy (non-hydrogen) atoms. The molecule has 4 nitrogen and oxygen atoms in total. The van der Waals surface area contributed by atoms with Gasteiger partial charge in [0.25, 0.3) is 5.91 Å². The normalized spacial score (nSPS) is 17.1. The van der Waals surface area contributed by atoms with Gasteiger partial charge >= 0.3 is 0 Å². The Bertz CT molecular complexity index is 1300. The molecule has 1 amide bonds. The number of aromatic nitrogens is 1. The van der Waals surface area contributed by atoms with E-state index < -0.39 is 0 Å². The smallest absolute Gasteiger partial charge is 0.264 e. The maximum absolute atomic E-state index is 12.4.